The summed E-state index contributed by atoms with van der Waals surface area (Å²) in [6, 6.07) is 0. The standard InChI is InChI=1S/C34H57O8P/c1-3-5-7-9-11-13-15-17-19-21-23-25-27-29-34(36)42-32(31-41-43(37,38)39)30-40-33(35)28-26-24-22-20-18-16-14-12-10-8-6-4-2/h5-9,11-15,32H,3-4,10,16-31H2,1-2H3,(H2,37,38,39)/b7-5+,8-6+,11-9+,14-12+,15-13+. The number of esters is 2. The van der Waals surface area contributed by atoms with Crippen molar-refractivity contribution in [1.82, 2.24) is 0 Å². The van der Waals surface area contributed by atoms with E-state index in [4.69, 9.17) is 19.3 Å². The van der Waals surface area contributed by atoms with Crippen molar-refractivity contribution in [2.75, 3.05) is 13.2 Å². The van der Waals surface area contributed by atoms with E-state index < -0.39 is 32.5 Å². The lowest BCUT2D eigenvalue weighted by Gasteiger charge is -2.18. The van der Waals surface area contributed by atoms with Crippen LogP contribution in [0.1, 0.15) is 123 Å². The normalized spacial score (nSPS) is 13.3. The summed E-state index contributed by atoms with van der Waals surface area (Å²) in [5, 5.41) is 0. The molecule has 0 aromatic carbocycles. The largest absolute Gasteiger partial charge is 0.469 e. The number of rotatable bonds is 28. The van der Waals surface area contributed by atoms with Crippen molar-refractivity contribution in [3.63, 3.8) is 0 Å². The molecule has 0 aromatic heterocycles. The first-order valence-electron chi connectivity index (χ1n) is 16.1. The Balaban J connectivity index is 4.11. The van der Waals surface area contributed by atoms with Crippen LogP contribution in [0.3, 0.4) is 0 Å². The summed E-state index contributed by atoms with van der Waals surface area (Å²) in [7, 11) is -4.75. The molecule has 0 radical (unpaired) electrons. The van der Waals surface area contributed by atoms with Crippen molar-refractivity contribution in [2.45, 2.75) is 129 Å². The van der Waals surface area contributed by atoms with Gasteiger partial charge in [0.15, 0.2) is 6.10 Å². The average molecular weight is 625 g/mol. The van der Waals surface area contributed by atoms with Gasteiger partial charge in [-0.25, -0.2) is 4.57 Å². The molecule has 0 aromatic rings. The lowest BCUT2D eigenvalue weighted by atomic mass is 10.1. The van der Waals surface area contributed by atoms with Gasteiger partial charge in [0, 0.05) is 12.8 Å². The third-order valence-corrected chi connectivity index (χ3v) is 6.83. The van der Waals surface area contributed by atoms with Crippen LogP contribution in [0.25, 0.3) is 0 Å². The SMILES string of the molecule is CC/C=C/C=C/C=C/CCCCCCCC(=O)OC(COC(=O)CCCCCCC/C=C/C/C=C/CC)COP(=O)(O)O. The van der Waals surface area contributed by atoms with Gasteiger partial charge in [-0.15, -0.1) is 0 Å². The Morgan fingerprint density at radius 2 is 1.16 bits per heavy atom. The van der Waals surface area contributed by atoms with Crippen LogP contribution >= 0.6 is 7.82 Å². The van der Waals surface area contributed by atoms with E-state index in [-0.39, 0.29) is 19.4 Å². The second-order valence-electron chi connectivity index (χ2n) is 10.4. The van der Waals surface area contributed by atoms with E-state index >= 15 is 0 Å². The topological polar surface area (TPSA) is 119 Å². The summed E-state index contributed by atoms with van der Waals surface area (Å²) in [4.78, 5) is 42.5. The molecule has 0 aliphatic heterocycles. The lowest BCUT2D eigenvalue weighted by Crippen LogP contribution is -2.29. The van der Waals surface area contributed by atoms with Gasteiger partial charge in [0.2, 0.25) is 0 Å². The molecular weight excluding hydrogens is 567 g/mol. The van der Waals surface area contributed by atoms with Crippen LogP contribution in [0.4, 0.5) is 0 Å². The van der Waals surface area contributed by atoms with E-state index in [0.717, 1.165) is 83.5 Å². The van der Waals surface area contributed by atoms with Crippen LogP contribution in [0, 0.1) is 0 Å². The van der Waals surface area contributed by atoms with E-state index in [1.54, 1.807) is 0 Å². The van der Waals surface area contributed by atoms with Crippen molar-refractivity contribution in [3.05, 3.63) is 60.8 Å². The molecule has 0 rings (SSSR count). The number of carbonyl (C=O) groups is 2. The van der Waals surface area contributed by atoms with Crippen molar-refractivity contribution in [2.24, 2.45) is 0 Å². The molecule has 0 fully saturated rings. The highest BCUT2D eigenvalue weighted by atomic mass is 31.2. The zero-order valence-electron chi connectivity index (χ0n) is 26.6. The molecule has 0 saturated heterocycles. The summed E-state index contributed by atoms with van der Waals surface area (Å²) in [5.74, 6) is -0.936. The van der Waals surface area contributed by atoms with Gasteiger partial charge in [-0.1, -0.05) is 113 Å². The van der Waals surface area contributed by atoms with Gasteiger partial charge in [0.25, 0.3) is 0 Å². The molecule has 246 valence electrons. The second kappa shape index (κ2) is 29.8. The lowest BCUT2D eigenvalue weighted by molar-refractivity contribution is -0.161. The fourth-order valence-corrected chi connectivity index (χ4v) is 4.36. The molecule has 0 bridgehead atoms. The summed E-state index contributed by atoms with van der Waals surface area (Å²) in [6.45, 7) is 3.37. The highest BCUT2D eigenvalue weighted by Crippen LogP contribution is 2.35. The van der Waals surface area contributed by atoms with Crippen LogP contribution in [-0.2, 0) is 28.2 Å². The fourth-order valence-electron chi connectivity index (χ4n) is 4.00. The number of ether oxygens (including phenoxy) is 2. The molecule has 0 heterocycles. The quantitative estimate of drug-likeness (QED) is 0.0291. The number of hydrogen-bond donors (Lipinski definition) is 2. The molecule has 8 nitrogen and oxygen atoms in total. The first-order valence-corrected chi connectivity index (χ1v) is 17.6. The minimum Gasteiger partial charge on any atom is -0.462 e. The smallest absolute Gasteiger partial charge is 0.462 e. The zero-order valence-corrected chi connectivity index (χ0v) is 27.5. The third kappa shape index (κ3) is 32.5. The summed E-state index contributed by atoms with van der Waals surface area (Å²) >= 11 is 0. The van der Waals surface area contributed by atoms with Crippen molar-refractivity contribution in [3.8, 4) is 0 Å². The van der Waals surface area contributed by atoms with Gasteiger partial charge in [-0.3, -0.25) is 14.1 Å². The fraction of sp³-hybridized carbons (Fsp3) is 0.647. The monoisotopic (exact) mass is 624 g/mol. The van der Waals surface area contributed by atoms with Crippen molar-refractivity contribution in [1.29, 1.82) is 0 Å². The predicted molar refractivity (Wildman–Crippen MR) is 174 cm³/mol. The Bertz CT molecular complexity index is 885. The van der Waals surface area contributed by atoms with E-state index in [1.165, 1.54) is 0 Å². The van der Waals surface area contributed by atoms with Crippen molar-refractivity contribution < 1.29 is 37.9 Å². The number of allylic oxidation sites excluding steroid dienone is 10. The van der Waals surface area contributed by atoms with Gasteiger partial charge < -0.3 is 19.3 Å². The van der Waals surface area contributed by atoms with Gasteiger partial charge in [-0.05, 0) is 57.8 Å². The minimum absolute atomic E-state index is 0.183. The molecule has 1 atom stereocenters. The van der Waals surface area contributed by atoms with E-state index in [0.29, 0.717) is 12.8 Å². The number of phosphoric acid groups is 1. The predicted octanol–water partition coefficient (Wildman–Crippen LogP) is 9.00. The Morgan fingerprint density at radius 3 is 1.79 bits per heavy atom. The van der Waals surface area contributed by atoms with Crippen LogP contribution in [0.15, 0.2) is 60.8 Å². The summed E-state index contributed by atoms with van der Waals surface area (Å²) in [6.07, 6.45) is 35.2. The molecule has 2 N–H and O–H groups in total. The molecule has 0 amide bonds. The first-order chi connectivity index (χ1) is 20.8. The van der Waals surface area contributed by atoms with E-state index in [2.05, 4.69) is 60.9 Å². The molecule has 0 spiro atoms. The number of unbranched alkanes of at least 4 members (excludes halogenated alkanes) is 10. The Labute approximate surface area is 260 Å². The molecule has 0 aliphatic carbocycles. The van der Waals surface area contributed by atoms with Crippen molar-refractivity contribution >= 4 is 19.8 Å². The maximum atomic E-state index is 12.3. The highest BCUT2D eigenvalue weighted by Gasteiger charge is 2.22. The van der Waals surface area contributed by atoms with Crippen LogP contribution in [0.2, 0.25) is 0 Å². The Hall–Kier alpha value is -2.25. The molecule has 1 unspecified atom stereocenters. The molecule has 0 saturated carbocycles. The zero-order chi connectivity index (χ0) is 31.9. The third-order valence-electron chi connectivity index (χ3n) is 6.34. The number of hydrogen-bond acceptors (Lipinski definition) is 6. The van der Waals surface area contributed by atoms with Crippen LogP contribution < -0.4 is 0 Å². The van der Waals surface area contributed by atoms with Gasteiger partial charge in [-0.2, -0.15) is 0 Å². The molecular formula is C34H57O8P. The maximum Gasteiger partial charge on any atom is 0.469 e. The molecule has 0 aliphatic rings. The maximum absolute atomic E-state index is 12.3. The minimum atomic E-state index is -4.75. The number of carbonyl (C=O) groups excluding carboxylic acids is 2. The summed E-state index contributed by atoms with van der Waals surface area (Å²) < 4.78 is 26.1. The summed E-state index contributed by atoms with van der Waals surface area (Å²) in [5.41, 5.74) is 0. The second-order valence-corrected chi connectivity index (χ2v) is 11.7. The van der Waals surface area contributed by atoms with E-state index in [9.17, 15) is 14.2 Å². The van der Waals surface area contributed by atoms with Crippen LogP contribution in [0.5, 0.6) is 0 Å². The molecule has 43 heavy (non-hydrogen) atoms. The number of phosphoric ester groups is 1. The Morgan fingerprint density at radius 1 is 0.628 bits per heavy atom. The average Bonchev–Trinajstić information content (AvgIpc) is 2.97. The van der Waals surface area contributed by atoms with Gasteiger partial charge in [0.05, 0.1) is 6.61 Å². The van der Waals surface area contributed by atoms with Gasteiger partial charge >= 0.3 is 19.8 Å². The van der Waals surface area contributed by atoms with Crippen LogP contribution in [-0.4, -0.2) is 41.0 Å². The first kappa shape index (κ1) is 40.8. The highest BCUT2D eigenvalue weighted by molar-refractivity contribution is 7.46. The Kier molecular flexibility index (Phi) is 28.2. The van der Waals surface area contributed by atoms with Gasteiger partial charge in [0.1, 0.15) is 6.61 Å². The van der Waals surface area contributed by atoms with E-state index in [1.807, 2.05) is 18.2 Å². The molecule has 9 heteroatoms.